The van der Waals surface area contributed by atoms with Gasteiger partial charge in [0.2, 0.25) is 11.7 Å². The lowest BCUT2D eigenvalue weighted by Gasteiger charge is -2.05. The van der Waals surface area contributed by atoms with Gasteiger partial charge in [-0.3, -0.25) is 9.59 Å². The Labute approximate surface area is 152 Å². The molecule has 1 aromatic carbocycles. The van der Waals surface area contributed by atoms with Crippen molar-refractivity contribution >= 4 is 52.2 Å². The highest BCUT2D eigenvalue weighted by molar-refractivity contribution is 7.14. The van der Waals surface area contributed by atoms with Gasteiger partial charge in [0.25, 0.3) is 0 Å². The van der Waals surface area contributed by atoms with Gasteiger partial charge < -0.3 is 10.1 Å². The van der Waals surface area contributed by atoms with Crippen molar-refractivity contribution in [1.82, 2.24) is 5.32 Å². The van der Waals surface area contributed by atoms with E-state index in [1.165, 1.54) is 36.5 Å². The molecule has 1 heterocycles. The number of benzene rings is 1. The molecule has 0 radical (unpaired) electrons. The zero-order valence-corrected chi connectivity index (χ0v) is 14.9. The number of rotatable bonds is 6. The van der Waals surface area contributed by atoms with Crippen LogP contribution < -0.4 is 5.32 Å². The summed E-state index contributed by atoms with van der Waals surface area (Å²) in [6.45, 7) is 1.38. The van der Waals surface area contributed by atoms with Crippen molar-refractivity contribution in [3.05, 3.63) is 55.7 Å². The average molecular weight is 386 g/mol. The lowest BCUT2D eigenvalue weighted by molar-refractivity contribution is -0.119. The Bertz CT molecular complexity index is 788. The predicted molar refractivity (Wildman–Crippen MR) is 92.9 cm³/mol. The fourth-order valence-electron chi connectivity index (χ4n) is 1.77. The van der Waals surface area contributed by atoms with Crippen LogP contribution in [0.1, 0.15) is 31.8 Å². The number of hydrogen-bond acceptors (Lipinski definition) is 5. The molecule has 0 spiro atoms. The molecule has 2 rings (SSSR count). The van der Waals surface area contributed by atoms with Crippen LogP contribution in [0.15, 0.2) is 30.3 Å². The number of ketones is 1. The van der Waals surface area contributed by atoms with Crippen LogP contribution in [-0.2, 0) is 16.1 Å². The second-order valence-electron chi connectivity index (χ2n) is 4.80. The molecule has 5 nitrogen and oxygen atoms in total. The normalized spacial score (nSPS) is 10.3. The highest BCUT2D eigenvalue weighted by atomic mass is 35.5. The van der Waals surface area contributed by atoms with Crippen LogP contribution in [-0.4, -0.2) is 24.3 Å². The molecule has 0 fully saturated rings. The standard InChI is InChI=1S/C16H13Cl2NO4S/c1-9(20)19-7-11-3-5-15(24-11)14(21)8-23-16(22)12-4-2-10(17)6-13(12)18/h2-6H,7-8H2,1H3,(H,19,20). The monoisotopic (exact) mass is 385 g/mol. The first-order valence-corrected chi connectivity index (χ1v) is 8.42. The fraction of sp³-hybridized carbons (Fsp3) is 0.188. The Morgan fingerprint density at radius 2 is 1.92 bits per heavy atom. The molecular weight excluding hydrogens is 373 g/mol. The molecule has 126 valence electrons. The SMILES string of the molecule is CC(=O)NCc1ccc(C(=O)COC(=O)c2ccc(Cl)cc2Cl)s1. The molecule has 8 heteroatoms. The Hall–Kier alpha value is -1.89. The van der Waals surface area contributed by atoms with E-state index < -0.39 is 12.6 Å². The van der Waals surface area contributed by atoms with Crippen LogP contribution in [0, 0.1) is 0 Å². The lowest BCUT2D eigenvalue weighted by Crippen LogP contribution is -2.18. The molecule has 1 aromatic heterocycles. The summed E-state index contributed by atoms with van der Waals surface area (Å²) in [5.41, 5.74) is 0.145. The van der Waals surface area contributed by atoms with Crippen LogP contribution in [0.2, 0.25) is 10.0 Å². The van der Waals surface area contributed by atoms with Gasteiger partial charge in [0.05, 0.1) is 22.0 Å². The van der Waals surface area contributed by atoms with Gasteiger partial charge >= 0.3 is 5.97 Å². The molecule has 0 saturated heterocycles. The van der Waals surface area contributed by atoms with Crippen molar-refractivity contribution in [2.45, 2.75) is 13.5 Å². The van der Waals surface area contributed by atoms with Crippen molar-refractivity contribution in [3.8, 4) is 0 Å². The molecule has 0 aliphatic heterocycles. The minimum absolute atomic E-state index is 0.145. The van der Waals surface area contributed by atoms with Crippen LogP contribution >= 0.6 is 34.5 Å². The van der Waals surface area contributed by atoms with Gasteiger partial charge in [-0.2, -0.15) is 0 Å². The second kappa shape index (κ2) is 8.28. The minimum atomic E-state index is -0.694. The number of amides is 1. The first-order chi connectivity index (χ1) is 11.4. The maximum absolute atomic E-state index is 12.1. The Balaban J connectivity index is 1.93. The molecular formula is C16H13Cl2NO4S. The largest absolute Gasteiger partial charge is 0.454 e. The third-order valence-electron chi connectivity index (χ3n) is 2.93. The Morgan fingerprint density at radius 1 is 1.17 bits per heavy atom. The molecule has 1 amide bonds. The molecule has 0 aliphatic carbocycles. The van der Waals surface area contributed by atoms with Gasteiger partial charge in [0.1, 0.15) is 0 Å². The van der Waals surface area contributed by atoms with E-state index in [9.17, 15) is 14.4 Å². The number of Topliss-reactive ketones (excluding diaryl/α,β-unsaturated/α-hetero) is 1. The van der Waals surface area contributed by atoms with Gasteiger partial charge in [-0.05, 0) is 30.3 Å². The second-order valence-corrected chi connectivity index (χ2v) is 6.81. The maximum Gasteiger partial charge on any atom is 0.340 e. The first-order valence-electron chi connectivity index (χ1n) is 6.85. The van der Waals surface area contributed by atoms with Gasteiger partial charge in [0.15, 0.2) is 6.61 Å². The number of hydrogen-bond donors (Lipinski definition) is 1. The zero-order chi connectivity index (χ0) is 17.7. The summed E-state index contributed by atoms with van der Waals surface area (Å²) in [5.74, 6) is -1.17. The predicted octanol–water partition coefficient (Wildman–Crippen LogP) is 3.73. The molecule has 0 aliphatic rings. The first kappa shape index (κ1) is 18.4. The summed E-state index contributed by atoms with van der Waals surface area (Å²) in [7, 11) is 0. The quantitative estimate of drug-likeness (QED) is 0.607. The van der Waals surface area contributed by atoms with Crippen molar-refractivity contribution in [2.75, 3.05) is 6.61 Å². The average Bonchev–Trinajstić information content (AvgIpc) is 2.99. The third-order valence-corrected chi connectivity index (χ3v) is 4.61. The van der Waals surface area contributed by atoms with Crippen LogP contribution in [0.3, 0.4) is 0 Å². The molecule has 24 heavy (non-hydrogen) atoms. The van der Waals surface area contributed by atoms with Gasteiger partial charge in [0, 0.05) is 16.8 Å². The number of nitrogens with one attached hydrogen (secondary N) is 1. The summed E-state index contributed by atoms with van der Waals surface area (Å²) < 4.78 is 4.99. The van der Waals surface area contributed by atoms with E-state index in [1.807, 2.05) is 0 Å². The van der Waals surface area contributed by atoms with Crippen LogP contribution in [0.4, 0.5) is 0 Å². The van der Waals surface area contributed by atoms with E-state index in [1.54, 1.807) is 12.1 Å². The van der Waals surface area contributed by atoms with Crippen molar-refractivity contribution in [2.24, 2.45) is 0 Å². The van der Waals surface area contributed by atoms with E-state index >= 15 is 0 Å². The highest BCUT2D eigenvalue weighted by Crippen LogP contribution is 2.22. The maximum atomic E-state index is 12.1. The Kier molecular flexibility index (Phi) is 6.36. The zero-order valence-electron chi connectivity index (χ0n) is 12.6. The number of esters is 1. The van der Waals surface area contributed by atoms with Crippen molar-refractivity contribution in [3.63, 3.8) is 0 Å². The summed E-state index contributed by atoms with van der Waals surface area (Å²) in [6, 6.07) is 7.75. The van der Waals surface area contributed by atoms with Gasteiger partial charge in [-0.25, -0.2) is 4.79 Å². The van der Waals surface area contributed by atoms with Gasteiger partial charge in [-0.15, -0.1) is 11.3 Å². The molecule has 0 bridgehead atoms. The summed E-state index contributed by atoms with van der Waals surface area (Å²) in [5, 5.41) is 3.21. The van der Waals surface area contributed by atoms with E-state index in [-0.39, 0.29) is 22.3 Å². The minimum Gasteiger partial charge on any atom is -0.454 e. The molecule has 0 atom stereocenters. The molecule has 2 aromatic rings. The number of thiophene rings is 1. The topological polar surface area (TPSA) is 72.5 Å². The molecule has 0 unspecified atom stereocenters. The summed E-state index contributed by atoms with van der Waals surface area (Å²) >= 11 is 12.9. The van der Waals surface area contributed by atoms with E-state index in [2.05, 4.69) is 5.32 Å². The summed E-state index contributed by atoms with van der Waals surface area (Å²) in [4.78, 5) is 36.2. The lowest BCUT2D eigenvalue weighted by atomic mass is 10.2. The van der Waals surface area contributed by atoms with Crippen molar-refractivity contribution < 1.29 is 19.1 Å². The van der Waals surface area contributed by atoms with Crippen molar-refractivity contribution in [1.29, 1.82) is 0 Å². The van der Waals surface area contributed by atoms with Crippen LogP contribution in [0.25, 0.3) is 0 Å². The number of carbonyl (C=O) groups is 3. The van der Waals surface area contributed by atoms with E-state index in [0.717, 1.165) is 4.88 Å². The molecule has 0 saturated carbocycles. The van der Waals surface area contributed by atoms with E-state index in [4.69, 9.17) is 27.9 Å². The van der Waals surface area contributed by atoms with Gasteiger partial charge in [-0.1, -0.05) is 23.2 Å². The number of carbonyl (C=O) groups excluding carboxylic acids is 3. The van der Waals surface area contributed by atoms with Crippen LogP contribution in [0.5, 0.6) is 0 Å². The third kappa shape index (κ3) is 5.06. The van der Waals surface area contributed by atoms with E-state index in [0.29, 0.717) is 16.4 Å². The fourth-order valence-corrected chi connectivity index (χ4v) is 3.13. The Morgan fingerprint density at radius 3 is 2.58 bits per heavy atom. The highest BCUT2D eigenvalue weighted by Gasteiger charge is 2.16. The number of halogens is 2. The number of ether oxygens (including phenoxy) is 1. The molecule has 1 N–H and O–H groups in total. The summed E-state index contributed by atoms with van der Waals surface area (Å²) in [6.07, 6.45) is 0. The smallest absolute Gasteiger partial charge is 0.340 e.